The molecule has 0 aromatic heterocycles. The van der Waals surface area contributed by atoms with E-state index >= 15 is 0 Å². The zero-order chi connectivity index (χ0) is 16.6. The van der Waals surface area contributed by atoms with E-state index < -0.39 is 17.0 Å². The number of halogens is 1. The van der Waals surface area contributed by atoms with Crippen LogP contribution in [0.15, 0.2) is 18.2 Å². The molecule has 4 N–H and O–H groups in total. The molecule has 2 aliphatic rings. The Morgan fingerprint density at radius 3 is 2.87 bits per heavy atom. The van der Waals surface area contributed by atoms with E-state index in [9.17, 15) is 19.4 Å². The Labute approximate surface area is 137 Å². The zero-order valence-electron chi connectivity index (χ0n) is 12.4. The fourth-order valence-electron chi connectivity index (χ4n) is 2.98. The molecule has 0 bridgehead atoms. The molecule has 6 nitrogen and oxygen atoms in total. The van der Waals surface area contributed by atoms with E-state index in [1.807, 2.05) is 0 Å². The minimum Gasteiger partial charge on any atom is -0.443 e. The molecule has 3 rings (SSSR count). The van der Waals surface area contributed by atoms with Gasteiger partial charge in [0, 0.05) is 13.0 Å². The SMILES string of the molecule is NC[C@H]1CN(c2ccc(C3CCSC(O)(O)C3)c(F)c2)C(=O)O1. The molecule has 2 fully saturated rings. The number of aliphatic hydroxyl groups is 2. The second-order valence-corrected chi connectivity index (χ2v) is 7.19. The molecule has 1 aromatic carbocycles. The van der Waals surface area contributed by atoms with Gasteiger partial charge in [-0.1, -0.05) is 17.8 Å². The molecule has 8 heteroatoms. The second kappa shape index (κ2) is 6.27. The molecule has 1 amide bonds. The molecule has 2 heterocycles. The number of anilines is 1. The van der Waals surface area contributed by atoms with Gasteiger partial charge in [0.1, 0.15) is 11.9 Å². The number of hydrogen-bond acceptors (Lipinski definition) is 6. The summed E-state index contributed by atoms with van der Waals surface area (Å²) in [6.45, 7) is 0.516. The van der Waals surface area contributed by atoms with Crippen molar-refractivity contribution in [1.82, 2.24) is 0 Å². The van der Waals surface area contributed by atoms with Gasteiger partial charge in [0.2, 0.25) is 5.12 Å². The first kappa shape index (κ1) is 16.5. The van der Waals surface area contributed by atoms with Crippen LogP contribution >= 0.6 is 11.8 Å². The van der Waals surface area contributed by atoms with Crippen molar-refractivity contribution < 1.29 is 24.1 Å². The van der Waals surface area contributed by atoms with Crippen LogP contribution in [0.5, 0.6) is 0 Å². The number of carbonyl (C=O) groups is 1. The maximum absolute atomic E-state index is 14.5. The number of benzene rings is 1. The quantitative estimate of drug-likeness (QED) is 0.718. The van der Waals surface area contributed by atoms with Crippen LogP contribution < -0.4 is 10.6 Å². The van der Waals surface area contributed by atoms with Crippen LogP contribution in [0, 0.1) is 5.82 Å². The number of rotatable bonds is 3. The Kier molecular flexibility index (Phi) is 4.50. The van der Waals surface area contributed by atoms with Crippen molar-refractivity contribution in [2.24, 2.45) is 5.73 Å². The Balaban J connectivity index is 1.80. The molecule has 0 saturated carbocycles. The summed E-state index contributed by atoms with van der Waals surface area (Å²) < 4.78 is 19.5. The number of thioether (sulfide) groups is 1. The first-order chi connectivity index (χ1) is 10.9. The number of cyclic esters (lactones) is 1. The maximum atomic E-state index is 14.5. The number of amides is 1. The highest BCUT2D eigenvalue weighted by molar-refractivity contribution is 8.00. The van der Waals surface area contributed by atoms with E-state index in [1.54, 1.807) is 12.1 Å². The van der Waals surface area contributed by atoms with Crippen molar-refractivity contribution in [3.05, 3.63) is 29.6 Å². The minimum atomic E-state index is -1.82. The fraction of sp³-hybridized carbons (Fsp3) is 0.533. The fourth-order valence-corrected chi connectivity index (χ4v) is 4.03. The lowest BCUT2D eigenvalue weighted by Gasteiger charge is -2.32. The van der Waals surface area contributed by atoms with Crippen LogP contribution in [0.3, 0.4) is 0 Å². The molecular formula is C15H19FN2O4S. The number of carbonyl (C=O) groups excluding carboxylic acids is 1. The van der Waals surface area contributed by atoms with Gasteiger partial charge in [-0.2, -0.15) is 0 Å². The molecule has 2 saturated heterocycles. The molecule has 2 atom stereocenters. The minimum absolute atomic E-state index is 0.0783. The summed E-state index contributed by atoms with van der Waals surface area (Å²) in [5.41, 5.74) is 6.33. The normalized spacial score (nSPS) is 27.1. The van der Waals surface area contributed by atoms with Crippen LogP contribution in [-0.4, -0.2) is 46.4 Å². The second-order valence-electron chi connectivity index (χ2n) is 5.84. The van der Waals surface area contributed by atoms with E-state index in [2.05, 4.69) is 0 Å². The summed E-state index contributed by atoms with van der Waals surface area (Å²) in [6.07, 6.45) is -0.170. The monoisotopic (exact) mass is 342 g/mol. The maximum Gasteiger partial charge on any atom is 0.414 e. The largest absolute Gasteiger partial charge is 0.443 e. The Morgan fingerprint density at radius 1 is 1.48 bits per heavy atom. The summed E-state index contributed by atoms with van der Waals surface area (Å²) in [6, 6.07) is 4.54. The van der Waals surface area contributed by atoms with Gasteiger partial charge in [0.25, 0.3) is 0 Å². The summed E-state index contributed by atoms with van der Waals surface area (Å²) in [4.78, 5) is 13.1. The highest BCUT2D eigenvalue weighted by Gasteiger charge is 2.36. The topological polar surface area (TPSA) is 96.0 Å². The Bertz CT molecular complexity index is 613. The number of ether oxygens (including phenoxy) is 1. The van der Waals surface area contributed by atoms with Gasteiger partial charge in [0.05, 0.1) is 12.2 Å². The highest BCUT2D eigenvalue weighted by atomic mass is 32.2. The van der Waals surface area contributed by atoms with E-state index in [0.717, 1.165) is 11.8 Å². The molecule has 1 aromatic rings. The van der Waals surface area contributed by atoms with Crippen LogP contribution in [0.1, 0.15) is 24.3 Å². The molecule has 23 heavy (non-hydrogen) atoms. The average Bonchev–Trinajstić information content (AvgIpc) is 2.87. The zero-order valence-corrected chi connectivity index (χ0v) is 13.3. The first-order valence-electron chi connectivity index (χ1n) is 7.46. The van der Waals surface area contributed by atoms with Gasteiger partial charge in [-0.3, -0.25) is 4.90 Å². The van der Waals surface area contributed by atoms with Gasteiger partial charge in [0.15, 0.2) is 0 Å². The van der Waals surface area contributed by atoms with Crippen molar-refractivity contribution in [3.8, 4) is 0 Å². The van der Waals surface area contributed by atoms with E-state index in [4.69, 9.17) is 10.5 Å². The molecule has 1 unspecified atom stereocenters. The standard InChI is InChI=1S/C15H19FN2O4S/c16-13-5-10(18-8-11(7-17)22-14(18)19)1-2-12(13)9-3-4-23-15(20,21)6-9/h1-2,5,9,11,20-21H,3-4,6-8,17H2/t9?,11-/m0/s1. The lowest BCUT2D eigenvalue weighted by Crippen LogP contribution is -2.31. The molecule has 0 radical (unpaired) electrons. The molecule has 2 aliphatic heterocycles. The third kappa shape index (κ3) is 3.45. The van der Waals surface area contributed by atoms with Gasteiger partial charge in [-0.15, -0.1) is 0 Å². The van der Waals surface area contributed by atoms with Crippen molar-refractivity contribution in [1.29, 1.82) is 0 Å². The van der Waals surface area contributed by atoms with Crippen LogP contribution in [0.2, 0.25) is 0 Å². The van der Waals surface area contributed by atoms with Crippen LogP contribution in [0.25, 0.3) is 0 Å². The third-order valence-corrected chi connectivity index (χ3v) is 5.25. The Morgan fingerprint density at radius 2 is 2.26 bits per heavy atom. The molecule has 0 aliphatic carbocycles. The van der Waals surface area contributed by atoms with Gasteiger partial charge in [-0.05, 0) is 35.8 Å². The lowest BCUT2D eigenvalue weighted by molar-refractivity contribution is -0.0887. The number of hydrogen-bond donors (Lipinski definition) is 3. The van der Waals surface area contributed by atoms with Crippen molar-refractivity contribution in [2.75, 3.05) is 23.7 Å². The predicted octanol–water partition coefficient (Wildman–Crippen LogP) is 1.36. The van der Waals surface area contributed by atoms with Crippen molar-refractivity contribution >= 4 is 23.5 Å². The smallest absolute Gasteiger partial charge is 0.414 e. The summed E-state index contributed by atoms with van der Waals surface area (Å²) in [5.74, 6) is -0.169. The number of nitrogens with two attached hydrogens (primary N) is 1. The average molecular weight is 342 g/mol. The van der Waals surface area contributed by atoms with E-state index in [-0.39, 0.29) is 25.0 Å². The molecule has 126 valence electrons. The Hall–Kier alpha value is -1.35. The summed E-state index contributed by atoms with van der Waals surface area (Å²) in [5, 5.41) is 17.6. The highest BCUT2D eigenvalue weighted by Crippen LogP contribution is 2.41. The number of nitrogens with zero attached hydrogens (tertiary/aromatic N) is 1. The third-order valence-electron chi connectivity index (χ3n) is 4.18. The molecule has 0 spiro atoms. The van der Waals surface area contributed by atoms with Crippen LogP contribution in [-0.2, 0) is 4.74 Å². The van der Waals surface area contributed by atoms with Crippen LogP contribution in [0.4, 0.5) is 14.9 Å². The van der Waals surface area contributed by atoms with Crippen molar-refractivity contribution in [2.45, 2.75) is 30.0 Å². The van der Waals surface area contributed by atoms with Gasteiger partial charge >= 0.3 is 6.09 Å². The van der Waals surface area contributed by atoms with E-state index in [0.29, 0.717) is 30.0 Å². The lowest BCUT2D eigenvalue weighted by atomic mass is 9.91. The van der Waals surface area contributed by atoms with Gasteiger partial charge < -0.3 is 20.7 Å². The van der Waals surface area contributed by atoms with E-state index in [1.165, 1.54) is 11.0 Å². The summed E-state index contributed by atoms with van der Waals surface area (Å²) in [7, 11) is 0. The van der Waals surface area contributed by atoms with Crippen molar-refractivity contribution in [3.63, 3.8) is 0 Å². The molecular weight excluding hydrogens is 323 g/mol. The van der Waals surface area contributed by atoms with Gasteiger partial charge in [-0.25, -0.2) is 9.18 Å². The summed E-state index contributed by atoms with van der Waals surface area (Å²) >= 11 is 1.06. The first-order valence-corrected chi connectivity index (χ1v) is 8.44. The predicted molar refractivity (Wildman–Crippen MR) is 84.7 cm³/mol.